The van der Waals surface area contributed by atoms with E-state index in [9.17, 15) is 5.11 Å². The Bertz CT molecular complexity index is 575. The molecular formula is C14H18N3OS. The Hall–Kier alpha value is -1.33. The molecule has 1 heterocycles. The van der Waals surface area contributed by atoms with Crippen LogP contribution in [0.15, 0.2) is 12.1 Å². The van der Waals surface area contributed by atoms with Crippen molar-refractivity contribution in [3.8, 4) is 0 Å². The lowest BCUT2D eigenvalue weighted by Gasteiger charge is -2.31. The maximum absolute atomic E-state index is 10.4. The third-order valence-corrected chi connectivity index (χ3v) is 4.64. The van der Waals surface area contributed by atoms with Crippen molar-refractivity contribution in [1.29, 1.82) is 0 Å². The summed E-state index contributed by atoms with van der Waals surface area (Å²) in [6.45, 7) is 0.572. The van der Waals surface area contributed by atoms with Gasteiger partial charge in [0.15, 0.2) is 5.13 Å². The van der Waals surface area contributed by atoms with Crippen molar-refractivity contribution in [3.63, 3.8) is 0 Å². The Balaban J connectivity index is 1.71. The summed E-state index contributed by atoms with van der Waals surface area (Å²) in [6, 6.07) is 6.70. The molecule has 0 saturated heterocycles. The lowest BCUT2D eigenvalue weighted by atomic mass is 9.85. The van der Waals surface area contributed by atoms with E-state index < -0.39 is 5.60 Å². The second-order valence-electron chi connectivity index (χ2n) is 5.30. The second-order valence-corrected chi connectivity index (χ2v) is 6.33. The summed E-state index contributed by atoms with van der Waals surface area (Å²) in [5.74, 6) is 0. The van der Waals surface area contributed by atoms with Gasteiger partial charge >= 0.3 is 0 Å². The van der Waals surface area contributed by atoms with Crippen molar-refractivity contribution >= 4 is 32.4 Å². The van der Waals surface area contributed by atoms with Crippen LogP contribution in [0.3, 0.4) is 0 Å². The summed E-state index contributed by atoms with van der Waals surface area (Å²) >= 11 is 1.55. The maximum Gasteiger partial charge on any atom is 0.183 e. The van der Waals surface area contributed by atoms with Gasteiger partial charge in [-0.25, -0.2) is 4.98 Å². The molecule has 0 bridgehead atoms. The molecule has 1 saturated carbocycles. The molecule has 0 atom stereocenters. The van der Waals surface area contributed by atoms with Crippen LogP contribution in [0, 0.1) is 6.07 Å². The Kier molecular flexibility index (Phi) is 3.33. The molecular weight excluding hydrogens is 258 g/mol. The predicted molar refractivity (Wildman–Crippen MR) is 79.4 cm³/mol. The molecule has 0 spiro atoms. The largest absolute Gasteiger partial charge is 0.399 e. The van der Waals surface area contributed by atoms with Gasteiger partial charge in [-0.1, -0.05) is 30.6 Å². The molecule has 1 radical (unpaired) electrons. The first-order valence-electron chi connectivity index (χ1n) is 6.69. The summed E-state index contributed by atoms with van der Waals surface area (Å²) in [5, 5.41) is 14.5. The first kappa shape index (κ1) is 12.7. The van der Waals surface area contributed by atoms with E-state index in [4.69, 9.17) is 5.73 Å². The summed E-state index contributed by atoms with van der Waals surface area (Å²) in [4.78, 5) is 4.45. The topological polar surface area (TPSA) is 71.2 Å². The molecule has 1 aromatic heterocycles. The Morgan fingerprint density at radius 3 is 3.00 bits per heavy atom. The number of aromatic nitrogens is 1. The SMILES string of the molecule is Nc1c[c]c2nc(NCC3(O)CCCCC3)sc2c1. The van der Waals surface area contributed by atoms with Crippen molar-refractivity contribution in [2.75, 3.05) is 17.6 Å². The van der Waals surface area contributed by atoms with E-state index in [1.807, 2.05) is 6.07 Å². The fraction of sp³-hybridized carbons (Fsp3) is 0.500. The average molecular weight is 276 g/mol. The molecule has 4 nitrogen and oxygen atoms in total. The molecule has 2 aromatic rings. The molecule has 0 aliphatic heterocycles. The smallest absolute Gasteiger partial charge is 0.183 e. The second kappa shape index (κ2) is 4.98. The number of thiazole rings is 1. The van der Waals surface area contributed by atoms with Crippen LogP contribution in [0.1, 0.15) is 32.1 Å². The van der Waals surface area contributed by atoms with E-state index in [-0.39, 0.29) is 0 Å². The highest BCUT2D eigenvalue weighted by Gasteiger charge is 2.29. The van der Waals surface area contributed by atoms with Gasteiger partial charge in [-0.2, -0.15) is 0 Å². The molecule has 1 aromatic carbocycles. The summed E-state index contributed by atoms with van der Waals surface area (Å²) in [5.41, 5.74) is 6.69. The van der Waals surface area contributed by atoms with Crippen LogP contribution in [-0.4, -0.2) is 22.2 Å². The van der Waals surface area contributed by atoms with Crippen molar-refractivity contribution in [2.24, 2.45) is 0 Å². The number of nitrogens with one attached hydrogen (secondary N) is 1. The molecule has 1 aliphatic rings. The van der Waals surface area contributed by atoms with E-state index in [1.165, 1.54) is 6.42 Å². The van der Waals surface area contributed by atoms with Crippen molar-refractivity contribution in [3.05, 3.63) is 18.2 Å². The highest BCUT2D eigenvalue weighted by Crippen LogP contribution is 2.31. The van der Waals surface area contributed by atoms with Crippen LogP contribution in [-0.2, 0) is 0 Å². The lowest BCUT2D eigenvalue weighted by Crippen LogP contribution is -2.38. The van der Waals surface area contributed by atoms with Crippen LogP contribution < -0.4 is 11.1 Å². The zero-order valence-corrected chi connectivity index (χ0v) is 11.6. The van der Waals surface area contributed by atoms with E-state index in [1.54, 1.807) is 17.4 Å². The number of hydrogen-bond acceptors (Lipinski definition) is 5. The van der Waals surface area contributed by atoms with Crippen LogP contribution in [0.4, 0.5) is 10.8 Å². The fourth-order valence-corrected chi connectivity index (χ4v) is 3.47. The first-order chi connectivity index (χ1) is 9.15. The summed E-state index contributed by atoms with van der Waals surface area (Å²) in [6.07, 6.45) is 5.22. The fourth-order valence-electron chi connectivity index (χ4n) is 2.58. The van der Waals surface area contributed by atoms with Gasteiger partial charge in [0.05, 0.1) is 15.8 Å². The van der Waals surface area contributed by atoms with Crippen molar-refractivity contribution < 1.29 is 5.11 Å². The number of nitrogens with zero attached hydrogens (tertiary/aromatic N) is 1. The monoisotopic (exact) mass is 276 g/mol. The van der Waals surface area contributed by atoms with E-state index in [0.717, 1.165) is 41.0 Å². The molecule has 101 valence electrons. The Labute approximate surface area is 116 Å². The summed E-state index contributed by atoms with van der Waals surface area (Å²) < 4.78 is 1.03. The van der Waals surface area contributed by atoms with Crippen LogP contribution in [0.2, 0.25) is 0 Å². The third-order valence-electron chi connectivity index (χ3n) is 3.68. The quantitative estimate of drug-likeness (QED) is 0.754. The van der Waals surface area contributed by atoms with Gasteiger partial charge in [0.25, 0.3) is 0 Å². The zero-order valence-electron chi connectivity index (χ0n) is 10.8. The lowest BCUT2D eigenvalue weighted by molar-refractivity contribution is 0.0167. The number of anilines is 2. The van der Waals surface area contributed by atoms with Gasteiger partial charge in [0, 0.05) is 18.3 Å². The molecule has 3 rings (SSSR count). The van der Waals surface area contributed by atoms with E-state index in [0.29, 0.717) is 12.2 Å². The minimum absolute atomic E-state index is 0.571. The molecule has 1 aliphatic carbocycles. The van der Waals surface area contributed by atoms with E-state index >= 15 is 0 Å². The Morgan fingerprint density at radius 2 is 2.21 bits per heavy atom. The number of nitrogen functional groups attached to an aromatic ring is 1. The molecule has 0 amide bonds. The average Bonchev–Trinajstić information content (AvgIpc) is 2.79. The van der Waals surface area contributed by atoms with Gasteiger partial charge in [0.2, 0.25) is 0 Å². The maximum atomic E-state index is 10.4. The van der Waals surface area contributed by atoms with Gasteiger partial charge in [-0.05, 0) is 25.0 Å². The standard InChI is InChI=1S/C14H18N3OS/c15-10-4-5-11-12(8-10)19-13(17-11)16-9-14(18)6-2-1-3-7-14/h4,8,18H,1-3,6-7,9,15H2,(H,16,17). The highest BCUT2D eigenvalue weighted by atomic mass is 32.1. The zero-order chi connectivity index (χ0) is 13.3. The highest BCUT2D eigenvalue weighted by molar-refractivity contribution is 7.22. The van der Waals surface area contributed by atoms with Gasteiger partial charge in [0.1, 0.15) is 0 Å². The molecule has 0 unspecified atom stereocenters. The number of fused-ring (bicyclic) bond motifs is 1. The molecule has 1 fully saturated rings. The Morgan fingerprint density at radius 1 is 1.42 bits per heavy atom. The molecule has 19 heavy (non-hydrogen) atoms. The van der Waals surface area contributed by atoms with Gasteiger partial charge < -0.3 is 16.2 Å². The van der Waals surface area contributed by atoms with Crippen LogP contribution in [0.25, 0.3) is 10.2 Å². The molecule has 4 N–H and O–H groups in total. The van der Waals surface area contributed by atoms with Gasteiger partial charge in [-0.15, -0.1) is 0 Å². The number of aliphatic hydroxyl groups is 1. The number of benzene rings is 1. The van der Waals surface area contributed by atoms with Gasteiger partial charge in [-0.3, -0.25) is 0 Å². The number of rotatable bonds is 3. The normalized spacial score (nSPS) is 18.6. The number of nitrogens with two attached hydrogens (primary N) is 1. The minimum Gasteiger partial charge on any atom is -0.399 e. The number of hydrogen-bond donors (Lipinski definition) is 3. The summed E-state index contributed by atoms with van der Waals surface area (Å²) in [7, 11) is 0. The van der Waals surface area contributed by atoms with Crippen LogP contribution >= 0.6 is 11.3 Å². The first-order valence-corrected chi connectivity index (χ1v) is 7.50. The predicted octanol–water partition coefficient (Wildman–Crippen LogP) is 2.79. The van der Waals surface area contributed by atoms with E-state index in [2.05, 4.69) is 16.4 Å². The van der Waals surface area contributed by atoms with Crippen molar-refractivity contribution in [1.82, 2.24) is 4.98 Å². The third kappa shape index (κ3) is 2.82. The van der Waals surface area contributed by atoms with Crippen LogP contribution in [0.5, 0.6) is 0 Å². The minimum atomic E-state index is -0.571. The molecule has 5 heteroatoms. The van der Waals surface area contributed by atoms with Crippen molar-refractivity contribution in [2.45, 2.75) is 37.7 Å².